The first-order chi connectivity index (χ1) is 9.88. The molecular formula is C12H15N3O5S. The van der Waals surface area contributed by atoms with E-state index in [1.165, 1.54) is 12.1 Å². The Labute approximate surface area is 121 Å². The average molecular weight is 313 g/mol. The van der Waals surface area contributed by atoms with Crippen molar-refractivity contribution >= 4 is 21.4 Å². The molecule has 1 aliphatic heterocycles. The molecule has 3 atom stereocenters. The highest BCUT2D eigenvalue weighted by molar-refractivity contribution is 7.89. The molecule has 1 unspecified atom stereocenters. The fourth-order valence-electron chi connectivity index (χ4n) is 2.88. The number of nitrogens with zero attached hydrogens (tertiary/aromatic N) is 1. The summed E-state index contributed by atoms with van der Waals surface area (Å²) in [6, 6.07) is 3.63. The van der Waals surface area contributed by atoms with Gasteiger partial charge in [0.15, 0.2) is 0 Å². The summed E-state index contributed by atoms with van der Waals surface area (Å²) >= 11 is 0. The molecule has 1 aromatic rings. The molecule has 3 rings (SSSR count). The Morgan fingerprint density at radius 2 is 2.05 bits per heavy atom. The van der Waals surface area contributed by atoms with E-state index in [9.17, 15) is 18.5 Å². The van der Waals surface area contributed by atoms with Crippen LogP contribution in [-0.2, 0) is 14.8 Å². The van der Waals surface area contributed by atoms with Gasteiger partial charge in [-0.1, -0.05) is 0 Å². The quantitative estimate of drug-likeness (QED) is 0.604. The lowest BCUT2D eigenvalue weighted by atomic mass is 10.2. The molecule has 21 heavy (non-hydrogen) atoms. The van der Waals surface area contributed by atoms with Crippen LogP contribution in [-0.4, -0.2) is 33.1 Å². The third-order valence-corrected chi connectivity index (χ3v) is 5.06. The molecule has 1 saturated carbocycles. The maximum atomic E-state index is 11.2. The maximum Gasteiger partial charge on any atom is 0.293 e. The van der Waals surface area contributed by atoms with Crippen molar-refractivity contribution in [1.82, 2.24) is 0 Å². The van der Waals surface area contributed by atoms with Crippen molar-refractivity contribution in [2.24, 2.45) is 22.9 Å². The van der Waals surface area contributed by atoms with Crippen LogP contribution in [0.3, 0.4) is 0 Å². The van der Waals surface area contributed by atoms with E-state index in [1.54, 1.807) is 0 Å². The molecule has 1 aliphatic carbocycles. The van der Waals surface area contributed by atoms with E-state index in [4.69, 9.17) is 9.88 Å². The lowest BCUT2D eigenvalue weighted by Crippen LogP contribution is -2.14. The Balaban J connectivity index is 1.76. The summed E-state index contributed by atoms with van der Waals surface area (Å²) in [5.74, 6) is 1.55. The average Bonchev–Trinajstić information content (AvgIpc) is 2.84. The summed E-state index contributed by atoms with van der Waals surface area (Å²) < 4.78 is 27.8. The van der Waals surface area contributed by atoms with Crippen molar-refractivity contribution in [3.63, 3.8) is 0 Å². The SMILES string of the molecule is NS(=O)(=O)c1ccc(NCC2[C@H]3COC[C@@H]23)c([N+](=O)[O-])c1. The molecule has 0 radical (unpaired) electrons. The van der Waals surface area contributed by atoms with Crippen LogP contribution < -0.4 is 10.5 Å². The molecule has 8 nitrogen and oxygen atoms in total. The van der Waals surface area contributed by atoms with Gasteiger partial charge in [0.25, 0.3) is 5.69 Å². The van der Waals surface area contributed by atoms with Gasteiger partial charge in [-0.2, -0.15) is 0 Å². The number of anilines is 1. The Morgan fingerprint density at radius 3 is 2.62 bits per heavy atom. The highest BCUT2D eigenvalue weighted by Gasteiger charge is 2.53. The van der Waals surface area contributed by atoms with Gasteiger partial charge in [0.2, 0.25) is 10.0 Å². The lowest BCUT2D eigenvalue weighted by Gasteiger charge is -2.09. The third-order valence-electron chi connectivity index (χ3n) is 4.15. The number of primary sulfonamides is 1. The van der Waals surface area contributed by atoms with E-state index < -0.39 is 14.9 Å². The fraction of sp³-hybridized carbons (Fsp3) is 0.500. The Morgan fingerprint density at radius 1 is 1.38 bits per heavy atom. The molecule has 2 aliphatic rings. The second kappa shape index (κ2) is 4.93. The van der Waals surface area contributed by atoms with E-state index in [-0.39, 0.29) is 10.6 Å². The number of sulfonamides is 1. The van der Waals surface area contributed by atoms with E-state index in [0.29, 0.717) is 30.0 Å². The standard InChI is InChI=1S/C12H15N3O5S/c13-21(18,19)7-1-2-11(12(3-7)15(16)17)14-4-8-9-5-20-6-10(8)9/h1-3,8-10,14H,4-6H2,(H2,13,18,19)/t8?,9-,10+. The minimum absolute atomic E-state index is 0.267. The molecule has 9 heteroatoms. The van der Waals surface area contributed by atoms with Crippen LogP contribution in [0.2, 0.25) is 0 Å². The van der Waals surface area contributed by atoms with Crippen LogP contribution >= 0.6 is 0 Å². The predicted octanol–water partition coefficient (Wildman–Crippen LogP) is 0.547. The van der Waals surface area contributed by atoms with Gasteiger partial charge in [0.05, 0.1) is 23.0 Å². The Kier molecular flexibility index (Phi) is 3.34. The first-order valence-corrected chi connectivity index (χ1v) is 8.05. The van der Waals surface area contributed by atoms with Gasteiger partial charge in [0, 0.05) is 12.6 Å². The minimum atomic E-state index is -3.96. The number of rotatable bonds is 5. The minimum Gasteiger partial charge on any atom is -0.381 e. The second-order valence-electron chi connectivity index (χ2n) is 5.39. The van der Waals surface area contributed by atoms with Crippen LogP contribution in [0.4, 0.5) is 11.4 Å². The van der Waals surface area contributed by atoms with Crippen LogP contribution in [0.25, 0.3) is 0 Å². The molecule has 3 N–H and O–H groups in total. The summed E-state index contributed by atoms with van der Waals surface area (Å²) in [6.07, 6.45) is 0. The largest absolute Gasteiger partial charge is 0.381 e. The molecule has 1 heterocycles. The molecular weight excluding hydrogens is 298 g/mol. The van der Waals surface area contributed by atoms with Gasteiger partial charge in [0.1, 0.15) is 5.69 Å². The molecule has 0 aromatic heterocycles. The predicted molar refractivity (Wildman–Crippen MR) is 74.2 cm³/mol. The lowest BCUT2D eigenvalue weighted by molar-refractivity contribution is -0.384. The van der Waals surface area contributed by atoms with E-state index in [2.05, 4.69) is 5.32 Å². The highest BCUT2D eigenvalue weighted by Crippen LogP contribution is 2.50. The molecule has 0 amide bonds. The number of nitro groups is 1. The van der Waals surface area contributed by atoms with Crippen molar-refractivity contribution in [3.8, 4) is 0 Å². The zero-order valence-electron chi connectivity index (χ0n) is 11.1. The van der Waals surface area contributed by atoms with Gasteiger partial charge in [-0.3, -0.25) is 10.1 Å². The summed E-state index contributed by atoms with van der Waals surface area (Å²) in [5.41, 5.74) is 0.0156. The number of fused-ring (bicyclic) bond motifs is 1. The number of ether oxygens (including phenoxy) is 1. The van der Waals surface area contributed by atoms with Crippen molar-refractivity contribution < 1.29 is 18.1 Å². The zero-order valence-corrected chi connectivity index (χ0v) is 11.9. The topological polar surface area (TPSA) is 125 Å². The third kappa shape index (κ3) is 2.71. The summed E-state index contributed by atoms with van der Waals surface area (Å²) in [6.45, 7) is 2.13. The number of hydrogen-bond acceptors (Lipinski definition) is 6. The van der Waals surface area contributed by atoms with E-state index in [0.717, 1.165) is 19.3 Å². The van der Waals surface area contributed by atoms with Crippen LogP contribution in [0.15, 0.2) is 23.1 Å². The molecule has 114 valence electrons. The van der Waals surface area contributed by atoms with Crippen LogP contribution in [0.5, 0.6) is 0 Å². The summed E-state index contributed by atoms with van der Waals surface area (Å²) in [7, 11) is -3.96. The Hall–Kier alpha value is -1.71. The van der Waals surface area contributed by atoms with Gasteiger partial charge in [-0.15, -0.1) is 0 Å². The Bertz CT molecular complexity index is 680. The normalized spacial score (nSPS) is 27.2. The van der Waals surface area contributed by atoms with Gasteiger partial charge >= 0.3 is 0 Å². The van der Waals surface area contributed by atoms with Gasteiger partial charge < -0.3 is 10.1 Å². The smallest absolute Gasteiger partial charge is 0.293 e. The number of benzene rings is 1. The first-order valence-electron chi connectivity index (χ1n) is 6.51. The van der Waals surface area contributed by atoms with E-state index in [1.807, 2.05) is 0 Å². The molecule has 1 aromatic carbocycles. The monoisotopic (exact) mass is 313 g/mol. The van der Waals surface area contributed by atoms with E-state index >= 15 is 0 Å². The highest BCUT2D eigenvalue weighted by atomic mass is 32.2. The fourth-order valence-corrected chi connectivity index (χ4v) is 3.41. The van der Waals surface area contributed by atoms with Crippen molar-refractivity contribution in [3.05, 3.63) is 28.3 Å². The van der Waals surface area contributed by atoms with Crippen molar-refractivity contribution in [2.75, 3.05) is 25.1 Å². The van der Waals surface area contributed by atoms with Crippen molar-refractivity contribution in [1.29, 1.82) is 0 Å². The summed E-state index contributed by atoms with van der Waals surface area (Å²) in [4.78, 5) is 10.2. The summed E-state index contributed by atoms with van der Waals surface area (Å²) in [5, 5.41) is 19.1. The van der Waals surface area contributed by atoms with Crippen molar-refractivity contribution in [2.45, 2.75) is 4.90 Å². The van der Waals surface area contributed by atoms with Gasteiger partial charge in [-0.25, -0.2) is 13.6 Å². The van der Waals surface area contributed by atoms with Crippen LogP contribution in [0.1, 0.15) is 0 Å². The number of nitrogens with two attached hydrogens (primary N) is 1. The number of nitrogens with one attached hydrogen (secondary N) is 1. The zero-order chi connectivity index (χ0) is 15.2. The first kappa shape index (κ1) is 14.2. The maximum absolute atomic E-state index is 11.2. The molecule has 0 spiro atoms. The second-order valence-corrected chi connectivity index (χ2v) is 6.95. The van der Waals surface area contributed by atoms with Crippen LogP contribution in [0, 0.1) is 27.9 Å². The number of nitro benzene ring substituents is 1. The molecule has 2 fully saturated rings. The molecule has 1 saturated heterocycles. The number of hydrogen-bond donors (Lipinski definition) is 2. The molecule has 0 bridgehead atoms. The van der Waals surface area contributed by atoms with Gasteiger partial charge in [-0.05, 0) is 29.9 Å².